The quantitative estimate of drug-likeness (QED) is 0.473. The maximum atomic E-state index is 11.4. The fraction of sp³-hybridized carbons (Fsp3) is 0.455. The Morgan fingerprint density at radius 3 is 2.28 bits per heavy atom. The molecule has 0 amide bonds. The molecule has 2 atom stereocenters. The van der Waals surface area contributed by atoms with E-state index >= 15 is 0 Å². The predicted octanol–water partition coefficient (Wildman–Crippen LogP) is 3.31. The first-order chi connectivity index (χ1) is 13.7. The molecule has 0 radical (unpaired) electrons. The highest BCUT2D eigenvalue weighted by molar-refractivity contribution is 5.79. The lowest BCUT2D eigenvalue weighted by Crippen LogP contribution is -2.42. The summed E-state index contributed by atoms with van der Waals surface area (Å²) in [4.78, 5) is 23.8. The first-order valence-corrected chi connectivity index (χ1v) is 9.77. The van der Waals surface area contributed by atoms with E-state index in [1.807, 2.05) is 0 Å². The lowest BCUT2D eigenvalue weighted by Gasteiger charge is -2.41. The number of rotatable bonds is 10. The summed E-state index contributed by atoms with van der Waals surface area (Å²) in [5.41, 5.74) is -0.0508. The number of nitrogens with zero attached hydrogens (tertiary/aromatic N) is 1. The van der Waals surface area contributed by atoms with Crippen molar-refractivity contribution in [2.75, 3.05) is 6.54 Å². The van der Waals surface area contributed by atoms with E-state index in [-0.39, 0.29) is 11.7 Å². The minimum absolute atomic E-state index is 0.140. The van der Waals surface area contributed by atoms with Crippen molar-refractivity contribution in [3.63, 3.8) is 0 Å². The molecule has 0 spiro atoms. The van der Waals surface area contributed by atoms with E-state index in [0.29, 0.717) is 19.4 Å². The molecular formula is C22H29NO6. The molecule has 1 aliphatic rings. The summed E-state index contributed by atoms with van der Waals surface area (Å²) >= 11 is 0. The van der Waals surface area contributed by atoms with Gasteiger partial charge in [-0.25, -0.2) is 0 Å². The minimum Gasteiger partial charge on any atom is -0.508 e. The number of hydrogen-bond acceptors (Lipinski definition) is 5. The van der Waals surface area contributed by atoms with Crippen molar-refractivity contribution in [3.05, 3.63) is 54.9 Å². The van der Waals surface area contributed by atoms with Gasteiger partial charge in [-0.15, -0.1) is 0 Å². The summed E-state index contributed by atoms with van der Waals surface area (Å²) in [5, 5.41) is 39.1. The van der Waals surface area contributed by atoms with Gasteiger partial charge in [-0.1, -0.05) is 44.1 Å². The molecule has 1 saturated carbocycles. The van der Waals surface area contributed by atoms with E-state index in [2.05, 4.69) is 6.58 Å². The van der Waals surface area contributed by atoms with Crippen molar-refractivity contribution in [1.29, 1.82) is 0 Å². The molecule has 2 rings (SSSR count). The van der Waals surface area contributed by atoms with Gasteiger partial charge < -0.3 is 25.3 Å². The minimum atomic E-state index is -1.21. The van der Waals surface area contributed by atoms with Gasteiger partial charge in [0.25, 0.3) is 0 Å². The van der Waals surface area contributed by atoms with Gasteiger partial charge in [0.15, 0.2) is 0 Å². The zero-order valence-corrected chi connectivity index (χ0v) is 16.4. The van der Waals surface area contributed by atoms with Crippen LogP contribution in [-0.2, 0) is 9.59 Å². The van der Waals surface area contributed by atoms with Crippen molar-refractivity contribution < 1.29 is 30.0 Å². The van der Waals surface area contributed by atoms with Crippen molar-refractivity contribution in [1.82, 2.24) is 4.90 Å². The topological polar surface area (TPSA) is 118 Å². The molecule has 1 fully saturated rings. The summed E-state index contributed by atoms with van der Waals surface area (Å²) < 4.78 is 0. The number of aliphatic hydroxyl groups is 1. The van der Waals surface area contributed by atoms with Crippen LogP contribution in [0, 0.1) is 5.92 Å². The Balaban J connectivity index is 2.26. The highest BCUT2D eigenvalue weighted by Crippen LogP contribution is 2.41. The molecule has 1 aromatic rings. The summed E-state index contributed by atoms with van der Waals surface area (Å²) in [5.74, 6) is -3.70. The van der Waals surface area contributed by atoms with E-state index in [0.717, 1.165) is 24.8 Å². The lowest BCUT2D eigenvalue weighted by atomic mass is 9.72. The fourth-order valence-corrected chi connectivity index (χ4v) is 3.85. The summed E-state index contributed by atoms with van der Waals surface area (Å²) in [6.45, 7) is 4.11. The fourth-order valence-electron chi connectivity index (χ4n) is 3.85. The van der Waals surface area contributed by atoms with Crippen molar-refractivity contribution in [3.8, 4) is 5.75 Å². The summed E-state index contributed by atoms with van der Waals surface area (Å²) in [6.07, 6.45) is 8.09. The zero-order chi connectivity index (χ0) is 21.4. The molecule has 7 nitrogen and oxygen atoms in total. The zero-order valence-electron chi connectivity index (χ0n) is 16.4. The molecule has 0 heterocycles. The Bertz CT molecular complexity index is 736. The van der Waals surface area contributed by atoms with E-state index < -0.39 is 29.9 Å². The second-order valence-electron chi connectivity index (χ2n) is 7.57. The van der Waals surface area contributed by atoms with E-state index in [1.54, 1.807) is 29.2 Å². The number of benzene rings is 1. The Labute approximate surface area is 170 Å². The van der Waals surface area contributed by atoms with Crippen LogP contribution in [0.25, 0.3) is 0 Å². The largest absolute Gasteiger partial charge is 0.508 e. The number of aliphatic carboxylic acids is 2. The standard InChI is InChI=1S/C22H29NO6/c1-2-23(13-10-17(21(27)28)14-20(25)26)15-19(16-6-8-18(24)9-7-16)22(29)11-4-3-5-12-22/h2,6-10,13,17,19,24,29H,1,3-5,11-12,14-15H2,(H,25,26)(H,27,28)/b13-10-. The van der Waals surface area contributed by atoms with Gasteiger partial charge >= 0.3 is 11.9 Å². The Morgan fingerprint density at radius 2 is 1.76 bits per heavy atom. The third-order valence-electron chi connectivity index (χ3n) is 5.51. The number of phenols is 1. The Hall–Kier alpha value is -2.80. The molecule has 2 unspecified atom stereocenters. The maximum absolute atomic E-state index is 11.4. The third kappa shape index (κ3) is 6.35. The van der Waals surface area contributed by atoms with E-state index in [1.165, 1.54) is 18.5 Å². The second-order valence-corrected chi connectivity index (χ2v) is 7.57. The average molecular weight is 403 g/mol. The average Bonchev–Trinajstić information content (AvgIpc) is 2.68. The number of carbonyl (C=O) groups is 2. The highest BCUT2D eigenvalue weighted by Gasteiger charge is 2.39. The van der Waals surface area contributed by atoms with Crippen molar-refractivity contribution in [2.45, 2.75) is 50.0 Å². The normalized spacial score (nSPS) is 18.1. The number of phenolic OH excluding ortho intramolecular Hbond substituents is 1. The number of aromatic hydroxyl groups is 1. The Kier molecular flexibility index (Phi) is 7.84. The molecule has 7 heteroatoms. The molecule has 158 valence electrons. The first kappa shape index (κ1) is 22.5. The van der Waals surface area contributed by atoms with Crippen LogP contribution in [0.2, 0.25) is 0 Å². The molecule has 29 heavy (non-hydrogen) atoms. The lowest BCUT2D eigenvalue weighted by molar-refractivity contribution is -0.146. The van der Waals surface area contributed by atoms with Gasteiger partial charge in [0.05, 0.1) is 17.9 Å². The van der Waals surface area contributed by atoms with Crippen molar-refractivity contribution >= 4 is 11.9 Å². The van der Waals surface area contributed by atoms with Crippen LogP contribution in [0.15, 0.2) is 49.3 Å². The number of carboxylic acids is 2. The van der Waals surface area contributed by atoms with Crippen LogP contribution in [0.3, 0.4) is 0 Å². The molecule has 1 aromatic carbocycles. The molecule has 1 aliphatic carbocycles. The van der Waals surface area contributed by atoms with Gasteiger partial charge in [-0.05, 0) is 36.7 Å². The predicted molar refractivity (Wildman–Crippen MR) is 108 cm³/mol. The van der Waals surface area contributed by atoms with Gasteiger partial charge in [0, 0.05) is 18.7 Å². The first-order valence-electron chi connectivity index (χ1n) is 9.77. The molecule has 0 saturated heterocycles. The van der Waals surface area contributed by atoms with Gasteiger partial charge in [0.1, 0.15) is 5.75 Å². The smallest absolute Gasteiger partial charge is 0.311 e. The van der Waals surface area contributed by atoms with Crippen LogP contribution in [0.4, 0.5) is 0 Å². The van der Waals surface area contributed by atoms with Gasteiger partial charge in [-0.2, -0.15) is 0 Å². The summed E-state index contributed by atoms with van der Waals surface area (Å²) in [7, 11) is 0. The van der Waals surface area contributed by atoms with E-state index in [4.69, 9.17) is 5.11 Å². The monoisotopic (exact) mass is 403 g/mol. The van der Waals surface area contributed by atoms with Gasteiger partial charge in [-0.3, -0.25) is 9.59 Å². The molecule has 0 aromatic heterocycles. The molecule has 0 bridgehead atoms. The highest BCUT2D eigenvalue weighted by atomic mass is 16.4. The molecular weight excluding hydrogens is 374 g/mol. The van der Waals surface area contributed by atoms with Crippen LogP contribution in [-0.4, -0.2) is 49.4 Å². The second kappa shape index (κ2) is 10.1. The van der Waals surface area contributed by atoms with Crippen LogP contribution >= 0.6 is 0 Å². The summed E-state index contributed by atoms with van der Waals surface area (Å²) in [6, 6.07) is 6.72. The SMILES string of the molecule is C=CN(/C=C\C(CC(=O)O)C(=O)O)CC(c1ccc(O)cc1)C1(O)CCCCC1. The molecule has 0 aliphatic heterocycles. The number of hydrogen-bond donors (Lipinski definition) is 4. The van der Waals surface area contributed by atoms with Gasteiger partial charge in [0.2, 0.25) is 0 Å². The van der Waals surface area contributed by atoms with Crippen molar-refractivity contribution in [2.24, 2.45) is 5.92 Å². The van der Waals surface area contributed by atoms with E-state index in [9.17, 15) is 24.9 Å². The maximum Gasteiger partial charge on any atom is 0.311 e. The number of carboxylic acid groups (broad SMARTS) is 2. The third-order valence-corrected chi connectivity index (χ3v) is 5.51. The Morgan fingerprint density at radius 1 is 1.14 bits per heavy atom. The van der Waals surface area contributed by atoms with Crippen LogP contribution in [0.5, 0.6) is 5.75 Å². The molecule has 4 N–H and O–H groups in total. The van der Waals surface area contributed by atoms with Crippen LogP contribution < -0.4 is 0 Å². The van der Waals surface area contributed by atoms with Crippen LogP contribution in [0.1, 0.15) is 50.0 Å².